The van der Waals surface area contributed by atoms with Crippen molar-refractivity contribution in [2.75, 3.05) is 6.54 Å². The van der Waals surface area contributed by atoms with E-state index >= 15 is 0 Å². The van der Waals surface area contributed by atoms with Crippen molar-refractivity contribution in [1.82, 2.24) is 15.3 Å². The maximum atomic E-state index is 12.0. The van der Waals surface area contributed by atoms with E-state index in [1.807, 2.05) is 54.6 Å². The van der Waals surface area contributed by atoms with Crippen LogP contribution in [0.5, 0.6) is 0 Å². The predicted molar refractivity (Wildman–Crippen MR) is 93.8 cm³/mol. The van der Waals surface area contributed by atoms with Crippen LogP contribution in [-0.2, 0) is 17.6 Å². The summed E-state index contributed by atoms with van der Waals surface area (Å²) in [5.41, 5.74) is 2.79. The summed E-state index contributed by atoms with van der Waals surface area (Å²) in [5, 5.41) is 2.88. The van der Waals surface area contributed by atoms with Gasteiger partial charge in [0.05, 0.1) is 11.0 Å². The van der Waals surface area contributed by atoms with Crippen molar-refractivity contribution < 1.29 is 4.79 Å². The van der Waals surface area contributed by atoms with Gasteiger partial charge in [-0.25, -0.2) is 4.98 Å². The Labute approximate surface area is 139 Å². The van der Waals surface area contributed by atoms with Gasteiger partial charge >= 0.3 is 0 Å². The van der Waals surface area contributed by atoms with Crippen LogP contribution in [-0.4, -0.2) is 22.4 Å². The van der Waals surface area contributed by atoms with Crippen LogP contribution < -0.4 is 10.9 Å². The first kappa shape index (κ1) is 15.9. The second kappa shape index (κ2) is 7.55. The molecule has 0 radical (unpaired) electrons. The number of nitrogens with one attached hydrogen (secondary N) is 2. The number of fused-ring (bicyclic) bond motifs is 1. The summed E-state index contributed by atoms with van der Waals surface area (Å²) in [7, 11) is 0. The maximum absolute atomic E-state index is 12.0. The molecule has 0 atom stereocenters. The SMILES string of the molecule is O=C(CCc1nc2ccccc2[nH]c1=O)NCCc1ccccc1. The van der Waals surface area contributed by atoms with Gasteiger partial charge in [0.2, 0.25) is 5.91 Å². The number of hydrogen-bond donors (Lipinski definition) is 2. The van der Waals surface area contributed by atoms with Crippen LogP contribution in [0.15, 0.2) is 59.4 Å². The molecule has 0 spiro atoms. The number of carbonyl (C=O) groups is 1. The highest BCUT2D eigenvalue weighted by Crippen LogP contribution is 2.06. The Balaban J connectivity index is 1.52. The minimum absolute atomic E-state index is 0.0692. The van der Waals surface area contributed by atoms with Crippen LogP contribution in [0.3, 0.4) is 0 Å². The number of para-hydroxylation sites is 2. The van der Waals surface area contributed by atoms with Crippen molar-refractivity contribution in [3.05, 3.63) is 76.2 Å². The van der Waals surface area contributed by atoms with E-state index < -0.39 is 0 Å². The fraction of sp³-hybridized carbons (Fsp3) is 0.211. The third-order valence-corrected chi connectivity index (χ3v) is 3.84. The van der Waals surface area contributed by atoms with Crippen molar-refractivity contribution in [2.24, 2.45) is 0 Å². The lowest BCUT2D eigenvalue weighted by Crippen LogP contribution is -2.27. The summed E-state index contributed by atoms with van der Waals surface area (Å²) in [6.07, 6.45) is 1.38. The fourth-order valence-electron chi connectivity index (χ4n) is 2.55. The van der Waals surface area contributed by atoms with Gasteiger partial charge in [-0.1, -0.05) is 42.5 Å². The fourth-order valence-corrected chi connectivity index (χ4v) is 2.55. The molecule has 0 saturated carbocycles. The standard InChI is InChI=1S/C19H19N3O2/c23-18(20-13-12-14-6-2-1-3-7-14)11-10-17-19(24)22-16-9-5-4-8-15(16)21-17/h1-9H,10-13H2,(H,20,23)(H,22,24). The lowest BCUT2D eigenvalue weighted by molar-refractivity contribution is -0.121. The quantitative estimate of drug-likeness (QED) is 0.731. The zero-order chi connectivity index (χ0) is 16.8. The highest BCUT2D eigenvalue weighted by molar-refractivity contribution is 5.76. The number of rotatable bonds is 6. The second-order valence-corrected chi connectivity index (χ2v) is 5.62. The van der Waals surface area contributed by atoms with E-state index in [0.717, 1.165) is 11.9 Å². The molecule has 122 valence electrons. The van der Waals surface area contributed by atoms with E-state index in [4.69, 9.17) is 0 Å². The van der Waals surface area contributed by atoms with E-state index in [-0.39, 0.29) is 17.9 Å². The first-order valence-electron chi connectivity index (χ1n) is 8.01. The smallest absolute Gasteiger partial charge is 0.270 e. The zero-order valence-corrected chi connectivity index (χ0v) is 13.3. The van der Waals surface area contributed by atoms with E-state index in [1.165, 1.54) is 5.56 Å². The number of aryl methyl sites for hydroxylation is 1. The topological polar surface area (TPSA) is 74.8 Å². The third-order valence-electron chi connectivity index (χ3n) is 3.84. The molecule has 3 aromatic rings. The van der Waals surface area contributed by atoms with Gasteiger partial charge in [0, 0.05) is 19.4 Å². The summed E-state index contributed by atoms with van der Waals surface area (Å²) >= 11 is 0. The Bertz CT molecular complexity index is 888. The molecule has 1 heterocycles. The van der Waals surface area contributed by atoms with Crippen LogP contribution in [0.25, 0.3) is 11.0 Å². The molecule has 0 fully saturated rings. The first-order valence-corrected chi connectivity index (χ1v) is 8.01. The molecule has 2 aromatic carbocycles. The normalized spacial score (nSPS) is 10.7. The average molecular weight is 321 g/mol. The average Bonchev–Trinajstić information content (AvgIpc) is 2.61. The molecular formula is C19H19N3O2. The number of H-pyrrole nitrogens is 1. The lowest BCUT2D eigenvalue weighted by atomic mass is 10.1. The number of hydrogen-bond acceptors (Lipinski definition) is 3. The van der Waals surface area contributed by atoms with Crippen LogP contribution >= 0.6 is 0 Å². The summed E-state index contributed by atoms with van der Waals surface area (Å²) in [6.45, 7) is 0.588. The van der Waals surface area contributed by atoms with Crippen LogP contribution in [0.4, 0.5) is 0 Å². The van der Waals surface area contributed by atoms with Crippen molar-refractivity contribution in [3.8, 4) is 0 Å². The van der Waals surface area contributed by atoms with E-state index in [0.29, 0.717) is 24.2 Å². The minimum Gasteiger partial charge on any atom is -0.356 e. The van der Waals surface area contributed by atoms with Gasteiger partial charge in [0.25, 0.3) is 5.56 Å². The summed E-state index contributed by atoms with van der Waals surface area (Å²) in [5.74, 6) is -0.0692. The number of amides is 1. The summed E-state index contributed by atoms with van der Waals surface area (Å²) < 4.78 is 0. The molecule has 0 aliphatic heterocycles. The first-order chi connectivity index (χ1) is 11.7. The third kappa shape index (κ3) is 4.07. The molecule has 0 bridgehead atoms. The Morgan fingerprint density at radius 2 is 1.75 bits per heavy atom. The van der Waals surface area contributed by atoms with Gasteiger partial charge in [-0.2, -0.15) is 0 Å². The molecule has 0 aliphatic rings. The largest absolute Gasteiger partial charge is 0.356 e. The van der Waals surface area contributed by atoms with Crippen LogP contribution in [0, 0.1) is 0 Å². The maximum Gasteiger partial charge on any atom is 0.270 e. The van der Waals surface area contributed by atoms with Gasteiger partial charge < -0.3 is 10.3 Å². The monoisotopic (exact) mass is 321 g/mol. The van der Waals surface area contributed by atoms with E-state index in [9.17, 15) is 9.59 Å². The predicted octanol–water partition coefficient (Wildman–Crippen LogP) is 2.21. The molecule has 2 N–H and O–H groups in total. The lowest BCUT2D eigenvalue weighted by Gasteiger charge is -2.05. The van der Waals surface area contributed by atoms with Crippen molar-refractivity contribution in [3.63, 3.8) is 0 Å². The van der Waals surface area contributed by atoms with Crippen LogP contribution in [0.2, 0.25) is 0 Å². The van der Waals surface area contributed by atoms with Gasteiger partial charge in [-0.05, 0) is 24.1 Å². The highest BCUT2D eigenvalue weighted by atomic mass is 16.1. The molecule has 5 nitrogen and oxygen atoms in total. The van der Waals surface area contributed by atoms with Crippen molar-refractivity contribution in [1.29, 1.82) is 0 Å². The summed E-state index contributed by atoms with van der Waals surface area (Å²) in [6, 6.07) is 17.4. The molecule has 0 aliphatic carbocycles. The molecular weight excluding hydrogens is 302 g/mol. The number of nitrogens with zero attached hydrogens (tertiary/aromatic N) is 1. The molecule has 1 aromatic heterocycles. The number of carbonyl (C=O) groups excluding carboxylic acids is 1. The molecule has 24 heavy (non-hydrogen) atoms. The highest BCUT2D eigenvalue weighted by Gasteiger charge is 2.08. The molecule has 1 amide bonds. The molecule has 5 heteroatoms. The molecule has 0 unspecified atom stereocenters. The number of aromatic amines is 1. The van der Waals surface area contributed by atoms with Gasteiger partial charge in [-0.3, -0.25) is 9.59 Å². The van der Waals surface area contributed by atoms with E-state index in [1.54, 1.807) is 0 Å². The zero-order valence-electron chi connectivity index (χ0n) is 13.3. The Hall–Kier alpha value is -2.95. The van der Waals surface area contributed by atoms with Crippen LogP contribution in [0.1, 0.15) is 17.7 Å². The second-order valence-electron chi connectivity index (χ2n) is 5.62. The minimum atomic E-state index is -0.231. The number of aromatic nitrogens is 2. The van der Waals surface area contributed by atoms with Crippen molar-refractivity contribution >= 4 is 16.9 Å². The Kier molecular flexibility index (Phi) is 5.01. The molecule has 0 saturated heterocycles. The molecule has 3 rings (SSSR count). The Morgan fingerprint density at radius 1 is 1.00 bits per heavy atom. The Morgan fingerprint density at radius 3 is 2.58 bits per heavy atom. The number of benzene rings is 2. The van der Waals surface area contributed by atoms with Crippen molar-refractivity contribution in [2.45, 2.75) is 19.3 Å². The summed E-state index contributed by atoms with van der Waals surface area (Å²) in [4.78, 5) is 31.1. The van der Waals surface area contributed by atoms with Gasteiger partial charge in [0.1, 0.15) is 5.69 Å². The van der Waals surface area contributed by atoms with Gasteiger partial charge in [-0.15, -0.1) is 0 Å². The van der Waals surface area contributed by atoms with E-state index in [2.05, 4.69) is 15.3 Å². The van der Waals surface area contributed by atoms with Gasteiger partial charge in [0.15, 0.2) is 0 Å².